The van der Waals surface area contributed by atoms with Gasteiger partial charge in [0.25, 0.3) is 16.7 Å². The summed E-state index contributed by atoms with van der Waals surface area (Å²) in [6.07, 6.45) is 0. The molecule has 0 unspecified atom stereocenters. The molecule has 0 radical (unpaired) electrons. The molecule has 0 aliphatic carbocycles. The SMILES string of the molecule is Cc1ccc(OCc2nnc(SCC(=O)c3c(N)n(Cc4ccccc4)c(=O)n(C)c3=O)o2)cc1. The number of anilines is 1. The van der Waals surface area contributed by atoms with Crippen molar-refractivity contribution in [2.24, 2.45) is 7.05 Å². The second-order valence-corrected chi connectivity index (χ2v) is 8.68. The molecule has 0 spiro atoms. The number of carbonyl (C=O) groups is 1. The van der Waals surface area contributed by atoms with Gasteiger partial charge in [-0.25, -0.2) is 4.79 Å². The standard InChI is InChI=1S/C24H23N5O5S/c1-15-8-10-17(11-9-15)33-13-19-26-27-23(34-19)35-14-18(30)20-21(25)29(24(32)28(2)22(20)31)12-16-6-4-3-5-7-16/h3-11H,12-14,25H2,1-2H3. The molecule has 10 nitrogen and oxygen atoms in total. The predicted octanol–water partition coefficient (Wildman–Crippen LogP) is 2.42. The summed E-state index contributed by atoms with van der Waals surface area (Å²) in [7, 11) is 1.31. The highest BCUT2D eigenvalue weighted by Crippen LogP contribution is 2.20. The van der Waals surface area contributed by atoms with Crippen LogP contribution in [0.3, 0.4) is 0 Å². The number of nitrogens with two attached hydrogens (primary N) is 1. The number of nitrogen functional groups attached to an aromatic ring is 1. The maximum Gasteiger partial charge on any atom is 0.332 e. The van der Waals surface area contributed by atoms with E-state index in [1.807, 2.05) is 61.5 Å². The van der Waals surface area contributed by atoms with Crippen LogP contribution < -0.4 is 21.7 Å². The van der Waals surface area contributed by atoms with Crippen LogP contribution in [-0.2, 0) is 20.2 Å². The minimum absolute atomic E-state index is 0.0719. The Morgan fingerprint density at radius 3 is 2.51 bits per heavy atom. The first-order valence-corrected chi connectivity index (χ1v) is 11.6. The molecular weight excluding hydrogens is 470 g/mol. The van der Waals surface area contributed by atoms with Crippen LogP contribution in [-0.4, -0.2) is 30.9 Å². The molecular formula is C24H23N5O5S. The van der Waals surface area contributed by atoms with Gasteiger partial charge in [-0.15, -0.1) is 10.2 Å². The van der Waals surface area contributed by atoms with Crippen LogP contribution in [0.4, 0.5) is 5.82 Å². The van der Waals surface area contributed by atoms with Crippen molar-refractivity contribution in [1.82, 2.24) is 19.3 Å². The molecule has 180 valence electrons. The van der Waals surface area contributed by atoms with E-state index in [2.05, 4.69) is 10.2 Å². The Hall–Kier alpha value is -4.12. The van der Waals surface area contributed by atoms with Crippen molar-refractivity contribution < 1.29 is 13.9 Å². The fourth-order valence-electron chi connectivity index (χ4n) is 3.30. The van der Waals surface area contributed by atoms with Crippen LogP contribution in [0.1, 0.15) is 27.4 Å². The fourth-order valence-corrected chi connectivity index (χ4v) is 3.95. The Kier molecular flexibility index (Phi) is 7.16. The molecule has 11 heteroatoms. The van der Waals surface area contributed by atoms with Gasteiger partial charge in [-0.1, -0.05) is 59.8 Å². The second kappa shape index (κ2) is 10.4. The quantitative estimate of drug-likeness (QED) is 0.275. The third kappa shape index (κ3) is 5.52. The molecule has 0 saturated heterocycles. The van der Waals surface area contributed by atoms with Crippen molar-refractivity contribution in [1.29, 1.82) is 0 Å². The van der Waals surface area contributed by atoms with E-state index in [0.717, 1.165) is 27.5 Å². The zero-order valence-corrected chi connectivity index (χ0v) is 19.9. The first kappa shape index (κ1) is 24.0. The predicted molar refractivity (Wildman–Crippen MR) is 131 cm³/mol. The number of hydrogen-bond acceptors (Lipinski definition) is 9. The highest BCUT2D eigenvalue weighted by atomic mass is 32.2. The van der Waals surface area contributed by atoms with Gasteiger partial charge in [0.2, 0.25) is 0 Å². The van der Waals surface area contributed by atoms with Gasteiger partial charge in [0.1, 0.15) is 17.1 Å². The van der Waals surface area contributed by atoms with Crippen LogP contribution in [0.2, 0.25) is 0 Å². The molecule has 0 aliphatic rings. The van der Waals surface area contributed by atoms with Gasteiger partial charge < -0.3 is 14.9 Å². The number of nitrogens with zero attached hydrogens (tertiary/aromatic N) is 4. The second-order valence-electron chi connectivity index (χ2n) is 7.75. The Bertz CT molecular complexity index is 1460. The third-order valence-corrected chi connectivity index (χ3v) is 6.02. The summed E-state index contributed by atoms with van der Waals surface area (Å²) in [5, 5.41) is 7.96. The van der Waals surface area contributed by atoms with Crippen molar-refractivity contribution in [2.45, 2.75) is 25.3 Å². The lowest BCUT2D eigenvalue weighted by molar-refractivity contribution is 0.102. The van der Waals surface area contributed by atoms with Gasteiger partial charge in [0.05, 0.1) is 12.3 Å². The topological polar surface area (TPSA) is 135 Å². The molecule has 0 atom stereocenters. The van der Waals surface area contributed by atoms with E-state index in [-0.39, 0.29) is 41.4 Å². The van der Waals surface area contributed by atoms with Crippen molar-refractivity contribution in [3.8, 4) is 5.75 Å². The summed E-state index contributed by atoms with van der Waals surface area (Å²) in [6.45, 7) is 2.18. The molecule has 2 N–H and O–H groups in total. The first-order chi connectivity index (χ1) is 16.8. The Morgan fingerprint density at radius 2 is 1.80 bits per heavy atom. The van der Waals surface area contributed by atoms with E-state index in [4.69, 9.17) is 14.9 Å². The minimum atomic E-state index is -0.750. The average molecular weight is 494 g/mol. The van der Waals surface area contributed by atoms with Crippen molar-refractivity contribution >= 4 is 23.4 Å². The summed E-state index contributed by atoms with van der Waals surface area (Å²) >= 11 is 0.969. The number of Topliss-reactive ketones (excluding diaryl/α,β-unsaturated/α-hetero) is 1. The van der Waals surface area contributed by atoms with Crippen molar-refractivity contribution in [3.05, 3.63) is 98.0 Å². The summed E-state index contributed by atoms with van der Waals surface area (Å²) in [6, 6.07) is 16.7. The monoisotopic (exact) mass is 493 g/mol. The van der Waals surface area contributed by atoms with E-state index in [9.17, 15) is 14.4 Å². The van der Waals surface area contributed by atoms with E-state index in [1.54, 1.807) is 0 Å². The van der Waals surface area contributed by atoms with Gasteiger partial charge in [-0.2, -0.15) is 0 Å². The van der Waals surface area contributed by atoms with Crippen molar-refractivity contribution in [3.63, 3.8) is 0 Å². The highest BCUT2D eigenvalue weighted by molar-refractivity contribution is 7.99. The molecule has 35 heavy (non-hydrogen) atoms. The lowest BCUT2D eigenvalue weighted by Gasteiger charge is -2.14. The molecule has 2 aromatic heterocycles. The number of ketones is 1. The molecule has 2 aromatic carbocycles. The smallest absolute Gasteiger partial charge is 0.332 e. The van der Waals surface area contributed by atoms with E-state index < -0.39 is 17.0 Å². The van der Waals surface area contributed by atoms with E-state index >= 15 is 0 Å². The van der Waals surface area contributed by atoms with Crippen molar-refractivity contribution in [2.75, 3.05) is 11.5 Å². The van der Waals surface area contributed by atoms with Crippen LogP contribution in [0.25, 0.3) is 0 Å². The molecule has 2 heterocycles. The van der Waals surface area contributed by atoms with Gasteiger partial charge in [0, 0.05) is 7.05 Å². The molecule has 4 rings (SSSR count). The summed E-state index contributed by atoms with van der Waals surface area (Å²) < 4.78 is 13.2. The van der Waals surface area contributed by atoms with Crippen LogP contribution in [0.15, 0.2) is 73.8 Å². The van der Waals surface area contributed by atoms with Crippen LogP contribution in [0.5, 0.6) is 5.75 Å². The summed E-state index contributed by atoms with van der Waals surface area (Å²) in [4.78, 5) is 38.2. The molecule has 4 aromatic rings. The minimum Gasteiger partial charge on any atom is -0.484 e. The zero-order valence-electron chi connectivity index (χ0n) is 19.1. The number of aromatic nitrogens is 4. The Balaban J connectivity index is 1.46. The lowest BCUT2D eigenvalue weighted by atomic mass is 10.2. The third-order valence-electron chi connectivity index (χ3n) is 5.20. The average Bonchev–Trinajstić information content (AvgIpc) is 3.32. The largest absolute Gasteiger partial charge is 0.484 e. The number of carbonyl (C=O) groups excluding carboxylic acids is 1. The zero-order chi connectivity index (χ0) is 24.9. The number of thioether (sulfide) groups is 1. The Labute approximate surface area is 204 Å². The highest BCUT2D eigenvalue weighted by Gasteiger charge is 2.22. The van der Waals surface area contributed by atoms with Gasteiger partial charge in [-0.3, -0.25) is 18.7 Å². The number of aryl methyl sites for hydroxylation is 1. The van der Waals surface area contributed by atoms with Gasteiger partial charge >= 0.3 is 5.69 Å². The summed E-state index contributed by atoms with van der Waals surface area (Å²) in [5.41, 5.74) is 6.45. The number of ether oxygens (including phenoxy) is 1. The fraction of sp³-hybridized carbons (Fsp3) is 0.208. The number of benzene rings is 2. The van der Waals surface area contributed by atoms with Crippen LogP contribution >= 0.6 is 11.8 Å². The first-order valence-electron chi connectivity index (χ1n) is 10.6. The molecule has 0 saturated carbocycles. The lowest BCUT2D eigenvalue weighted by Crippen LogP contribution is -2.43. The number of rotatable bonds is 9. The molecule has 0 aliphatic heterocycles. The van der Waals surface area contributed by atoms with Gasteiger partial charge in [-0.05, 0) is 24.6 Å². The summed E-state index contributed by atoms with van der Waals surface area (Å²) in [5.74, 6) is 0.00186. The Morgan fingerprint density at radius 1 is 1.09 bits per heavy atom. The van der Waals surface area contributed by atoms with E-state index in [1.165, 1.54) is 11.6 Å². The van der Waals surface area contributed by atoms with Gasteiger partial charge in [0.15, 0.2) is 12.4 Å². The molecule has 0 amide bonds. The normalized spacial score (nSPS) is 10.9. The molecule has 0 fully saturated rings. The molecule has 0 bridgehead atoms. The van der Waals surface area contributed by atoms with Crippen LogP contribution in [0, 0.1) is 6.92 Å². The maximum atomic E-state index is 12.9. The van der Waals surface area contributed by atoms with E-state index in [0.29, 0.717) is 5.75 Å². The number of hydrogen-bond donors (Lipinski definition) is 1. The maximum absolute atomic E-state index is 12.9.